The number of benzene rings is 1. The van der Waals surface area contributed by atoms with Crippen LogP contribution in [0.15, 0.2) is 40.8 Å². The molecule has 0 unspecified atom stereocenters. The summed E-state index contributed by atoms with van der Waals surface area (Å²) in [6, 6.07) is 9.81. The van der Waals surface area contributed by atoms with Gasteiger partial charge in [0.25, 0.3) is 5.91 Å². The molecule has 0 radical (unpaired) electrons. The first-order chi connectivity index (χ1) is 17.6. The van der Waals surface area contributed by atoms with Gasteiger partial charge in [-0.3, -0.25) is 9.59 Å². The molecule has 8 heteroatoms. The average Bonchev–Trinajstić information content (AvgIpc) is 3.24. The van der Waals surface area contributed by atoms with Crippen LogP contribution in [0.25, 0.3) is 22.4 Å². The van der Waals surface area contributed by atoms with E-state index in [2.05, 4.69) is 20.8 Å². The molecule has 1 aliphatic heterocycles. The van der Waals surface area contributed by atoms with Gasteiger partial charge in [-0.2, -0.15) is 0 Å². The fourth-order valence-electron chi connectivity index (χ4n) is 5.74. The first-order valence-corrected chi connectivity index (χ1v) is 13.2. The number of piperazine rings is 1. The lowest BCUT2D eigenvalue weighted by Crippen LogP contribution is -2.64. The molecule has 0 atom stereocenters. The summed E-state index contributed by atoms with van der Waals surface area (Å²) in [5, 5.41) is 10.1. The molecular formula is C30H36FN3O4. The van der Waals surface area contributed by atoms with Crippen molar-refractivity contribution in [2.75, 3.05) is 19.6 Å². The van der Waals surface area contributed by atoms with Gasteiger partial charge in [0.15, 0.2) is 11.3 Å². The third kappa shape index (κ3) is 4.82. The molecule has 1 aromatic carbocycles. The predicted octanol–water partition coefficient (Wildman–Crippen LogP) is 5.16. The van der Waals surface area contributed by atoms with Gasteiger partial charge in [0.05, 0.1) is 16.8 Å². The standard InChI is InChI=1S/C30H36FN3O4/c1-28(2,3)21-13-22(18-7-9-20(31)10-8-18)32-23-14-24(38-25(21)23)27(36)33-11-12-34(29(4,5)17-33)26(35)19-15-30(6,37)16-19/h7-10,13-14,19,37H,11-12,15-17H2,1-6H3. The van der Waals surface area contributed by atoms with E-state index in [1.54, 1.807) is 30.0 Å². The molecule has 1 aliphatic carbocycles. The van der Waals surface area contributed by atoms with E-state index in [0.717, 1.165) is 11.1 Å². The first kappa shape index (κ1) is 26.4. The van der Waals surface area contributed by atoms with Gasteiger partial charge in [-0.15, -0.1) is 0 Å². The van der Waals surface area contributed by atoms with Gasteiger partial charge in [-0.05, 0) is 69.4 Å². The number of fused-ring (bicyclic) bond motifs is 1. The number of carbonyl (C=O) groups is 2. The monoisotopic (exact) mass is 521 g/mol. The van der Waals surface area contributed by atoms with E-state index in [1.165, 1.54) is 12.1 Å². The molecule has 2 fully saturated rings. The van der Waals surface area contributed by atoms with Crippen molar-refractivity contribution in [2.24, 2.45) is 5.92 Å². The molecule has 7 nitrogen and oxygen atoms in total. The number of hydrogen-bond donors (Lipinski definition) is 1. The summed E-state index contributed by atoms with van der Waals surface area (Å²) in [6.45, 7) is 13.1. The van der Waals surface area contributed by atoms with Crippen molar-refractivity contribution in [2.45, 2.75) is 70.9 Å². The molecule has 38 heavy (non-hydrogen) atoms. The van der Waals surface area contributed by atoms with Gasteiger partial charge >= 0.3 is 0 Å². The number of nitrogens with zero attached hydrogens (tertiary/aromatic N) is 3. The maximum Gasteiger partial charge on any atom is 0.289 e. The number of aromatic nitrogens is 1. The van der Waals surface area contributed by atoms with E-state index in [-0.39, 0.29) is 34.7 Å². The Bertz CT molecular complexity index is 1390. The van der Waals surface area contributed by atoms with Gasteiger partial charge < -0.3 is 19.3 Å². The largest absolute Gasteiger partial charge is 0.449 e. The van der Waals surface area contributed by atoms with Crippen LogP contribution in [0, 0.1) is 11.7 Å². The topological polar surface area (TPSA) is 86.9 Å². The lowest BCUT2D eigenvalue weighted by molar-refractivity contribution is -0.158. The van der Waals surface area contributed by atoms with Crippen LogP contribution >= 0.6 is 0 Å². The van der Waals surface area contributed by atoms with Crippen molar-refractivity contribution in [3.63, 3.8) is 0 Å². The minimum Gasteiger partial charge on any atom is -0.449 e. The van der Waals surface area contributed by atoms with E-state index in [4.69, 9.17) is 9.40 Å². The highest BCUT2D eigenvalue weighted by molar-refractivity contribution is 5.96. The lowest BCUT2D eigenvalue weighted by Gasteiger charge is -2.50. The smallest absolute Gasteiger partial charge is 0.289 e. The summed E-state index contributed by atoms with van der Waals surface area (Å²) in [4.78, 5) is 35.0. The van der Waals surface area contributed by atoms with Crippen molar-refractivity contribution < 1.29 is 23.5 Å². The van der Waals surface area contributed by atoms with Gasteiger partial charge in [0, 0.05) is 42.7 Å². The zero-order valence-electron chi connectivity index (χ0n) is 23.0. The van der Waals surface area contributed by atoms with Crippen LogP contribution in [0.1, 0.15) is 70.5 Å². The van der Waals surface area contributed by atoms with Crippen molar-refractivity contribution in [1.29, 1.82) is 0 Å². The molecule has 0 bridgehead atoms. The highest BCUT2D eigenvalue weighted by atomic mass is 19.1. The second-order valence-electron chi connectivity index (χ2n) is 12.8. The molecule has 3 heterocycles. The summed E-state index contributed by atoms with van der Waals surface area (Å²) in [7, 11) is 0. The van der Waals surface area contributed by atoms with E-state index in [0.29, 0.717) is 49.3 Å². The van der Waals surface area contributed by atoms with Crippen LogP contribution in [0.2, 0.25) is 0 Å². The number of hydrogen-bond acceptors (Lipinski definition) is 5. The Labute approximate surface area is 222 Å². The van der Waals surface area contributed by atoms with E-state index < -0.39 is 11.1 Å². The third-order valence-corrected chi connectivity index (χ3v) is 7.81. The molecule has 1 saturated heterocycles. The van der Waals surface area contributed by atoms with Crippen LogP contribution in [-0.2, 0) is 10.2 Å². The third-order valence-electron chi connectivity index (χ3n) is 7.81. The second kappa shape index (κ2) is 8.90. The van der Waals surface area contributed by atoms with E-state index in [1.807, 2.05) is 24.8 Å². The number of pyridine rings is 1. The predicted molar refractivity (Wildman–Crippen MR) is 143 cm³/mol. The quantitative estimate of drug-likeness (QED) is 0.515. The molecule has 2 aliphatic rings. The summed E-state index contributed by atoms with van der Waals surface area (Å²) in [6.07, 6.45) is 0.951. The van der Waals surface area contributed by atoms with Crippen molar-refractivity contribution in [1.82, 2.24) is 14.8 Å². The summed E-state index contributed by atoms with van der Waals surface area (Å²) in [5.74, 6) is -0.465. The highest BCUT2D eigenvalue weighted by Crippen LogP contribution is 2.40. The summed E-state index contributed by atoms with van der Waals surface area (Å²) in [5.41, 5.74) is 1.92. The van der Waals surface area contributed by atoms with Crippen LogP contribution < -0.4 is 0 Å². The van der Waals surface area contributed by atoms with Crippen LogP contribution in [0.5, 0.6) is 0 Å². The van der Waals surface area contributed by atoms with Gasteiger partial charge in [-0.25, -0.2) is 9.37 Å². The summed E-state index contributed by atoms with van der Waals surface area (Å²) >= 11 is 0. The Balaban J connectivity index is 1.41. The molecule has 1 N–H and O–H groups in total. The van der Waals surface area contributed by atoms with Crippen molar-refractivity contribution in [3.05, 3.63) is 53.5 Å². The van der Waals surface area contributed by atoms with E-state index >= 15 is 0 Å². The average molecular weight is 522 g/mol. The van der Waals surface area contributed by atoms with Crippen molar-refractivity contribution >= 4 is 22.9 Å². The number of furan rings is 1. The number of amides is 2. The van der Waals surface area contributed by atoms with E-state index in [9.17, 15) is 19.1 Å². The molecule has 202 valence electrons. The number of carbonyl (C=O) groups excluding carboxylic acids is 2. The molecule has 1 saturated carbocycles. The Hall–Kier alpha value is -3.26. The molecule has 0 spiro atoms. The minimum absolute atomic E-state index is 0.0460. The Morgan fingerprint density at radius 3 is 2.32 bits per heavy atom. The molecule has 2 aromatic heterocycles. The highest BCUT2D eigenvalue weighted by Gasteiger charge is 2.48. The van der Waals surface area contributed by atoms with Gasteiger partial charge in [0.2, 0.25) is 5.91 Å². The van der Waals surface area contributed by atoms with Crippen LogP contribution in [-0.4, -0.2) is 62.5 Å². The fraction of sp³-hybridized carbons (Fsp3) is 0.500. The zero-order chi connectivity index (χ0) is 27.6. The maximum atomic E-state index is 13.6. The number of rotatable bonds is 3. The zero-order valence-corrected chi connectivity index (χ0v) is 23.0. The van der Waals surface area contributed by atoms with Crippen LogP contribution in [0.3, 0.4) is 0 Å². The first-order valence-electron chi connectivity index (χ1n) is 13.2. The Morgan fingerprint density at radius 2 is 1.74 bits per heavy atom. The lowest BCUT2D eigenvalue weighted by atomic mass is 9.71. The Kier molecular flexibility index (Phi) is 6.17. The number of aliphatic hydroxyl groups is 1. The molecule has 3 aromatic rings. The SMILES string of the molecule is CC1(O)CC(C(=O)N2CCN(C(=O)c3cc4nc(-c5ccc(F)cc5)cc(C(C)(C)C)c4o3)CC2(C)C)C1. The van der Waals surface area contributed by atoms with Gasteiger partial charge in [0.1, 0.15) is 11.3 Å². The molecule has 5 rings (SSSR count). The summed E-state index contributed by atoms with van der Waals surface area (Å²) < 4.78 is 19.7. The maximum absolute atomic E-state index is 13.6. The molecular weight excluding hydrogens is 485 g/mol. The molecule has 2 amide bonds. The Morgan fingerprint density at radius 1 is 1.08 bits per heavy atom. The fourth-order valence-corrected chi connectivity index (χ4v) is 5.74. The van der Waals surface area contributed by atoms with Crippen LogP contribution in [0.4, 0.5) is 4.39 Å². The van der Waals surface area contributed by atoms with Crippen molar-refractivity contribution in [3.8, 4) is 11.3 Å². The minimum atomic E-state index is -0.764. The number of halogens is 1. The van der Waals surface area contributed by atoms with Gasteiger partial charge in [-0.1, -0.05) is 20.8 Å². The normalized spacial score (nSPS) is 23.4. The second-order valence-corrected chi connectivity index (χ2v) is 12.8.